The third kappa shape index (κ3) is 4.51. The lowest BCUT2D eigenvalue weighted by Gasteiger charge is -2.26. The molecule has 1 fully saturated rings. The Labute approximate surface area is 121 Å². The van der Waals surface area contributed by atoms with E-state index in [9.17, 15) is 4.79 Å². The van der Waals surface area contributed by atoms with Gasteiger partial charge in [0.05, 0.1) is 13.2 Å². The third-order valence-electron chi connectivity index (χ3n) is 2.66. The van der Waals surface area contributed by atoms with Crippen molar-refractivity contribution in [2.45, 2.75) is 0 Å². The van der Waals surface area contributed by atoms with Crippen LogP contribution in [0.1, 0.15) is 5.56 Å². The Hall–Kier alpha value is -1.07. The first-order chi connectivity index (χ1) is 9.15. The lowest BCUT2D eigenvalue weighted by Crippen LogP contribution is -2.47. The summed E-state index contributed by atoms with van der Waals surface area (Å²) in [4.78, 5) is 11.7. The van der Waals surface area contributed by atoms with Crippen molar-refractivity contribution in [2.75, 3.05) is 26.3 Å². The summed E-state index contributed by atoms with van der Waals surface area (Å²) in [5.41, 5.74) is 3.53. The Morgan fingerprint density at radius 1 is 1.32 bits per heavy atom. The number of carbonyl (C=O) groups is 1. The number of carbonyl (C=O) groups excluding carboxylic acids is 1. The van der Waals surface area contributed by atoms with Gasteiger partial charge < -0.3 is 4.74 Å². The molecule has 0 unspecified atom stereocenters. The van der Waals surface area contributed by atoms with E-state index in [1.807, 2.05) is 5.01 Å². The summed E-state index contributed by atoms with van der Waals surface area (Å²) in [5.74, 6) is -0.187. The van der Waals surface area contributed by atoms with Crippen molar-refractivity contribution in [1.29, 1.82) is 0 Å². The molecular formula is C13H14Cl2N2O2. The minimum absolute atomic E-state index is 0.187. The van der Waals surface area contributed by atoms with Crippen LogP contribution in [0.5, 0.6) is 0 Å². The van der Waals surface area contributed by atoms with Crippen LogP contribution >= 0.6 is 23.2 Å². The minimum Gasteiger partial charge on any atom is -0.379 e. The quantitative estimate of drug-likeness (QED) is 0.872. The van der Waals surface area contributed by atoms with Crippen LogP contribution in [0.4, 0.5) is 0 Å². The van der Waals surface area contributed by atoms with Crippen molar-refractivity contribution >= 4 is 35.2 Å². The van der Waals surface area contributed by atoms with Gasteiger partial charge in [-0.1, -0.05) is 29.3 Å². The summed E-state index contributed by atoms with van der Waals surface area (Å²) in [5, 5.41) is 2.92. The summed E-state index contributed by atoms with van der Waals surface area (Å²) in [6.07, 6.45) is 3.11. The largest absolute Gasteiger partial charge is 0.379 e. The van der Waals surface area contributed by atoms with E-state index in [1.165, 1.54) is 6.08 Å². The maximum Gasteiger partial charge on any atom is 0.258 e. The second kappa shape index (κ2) is 6.91. The molecule has 1 aromatic carbocycles. The van der Waals surface area contributed by atoms with Gasteiger partial charge in [0.25, 0.3) is 5.91 Å². The van der Waals surface area contributed by atoms with Gasteiger partial charge in [-0.3, -0.25) is 10.2 Å². The number of halogens is 2. The van der Waals surface area contributed by atoms with E-state index in [2.05, 4.69) is 5.43 Å². The summed E-state index contributed by atoms with van der Waals surface area (Å²) in [7, 11) is 0. The van der Waals surface area contributed by atoms with Crippen LogP contribution in [0.2, 0.25) is 10.0 Å². The number of rotatable bonds is 3. The topological polar surface area (TPSA) is 41.6 Å². The maximum atomic E-state index is 11.7. The van der Waals surface area contributed by atoms with Crippen molar-refractivity contribution in [3.8, 4) is 0 Å². The first kappa shape index (κ1) is 14.3. The molecular weight excluding hydrogens is 287 g/mol. The molecule has 0 atom stereocenters. The highest BCUT2D eigenvalue weighted by Crippen LogP contribution is 2.21. The van der Waals surface area contributed by atoms with E-state index < -0.39 is 0 Å². The Kier molecular flexibility index (Phi) is 5.22. The van der Waals surface area contributed by atoms with Crippen molar-refractivity contribution in [3.63, 3.8) is 0 Å². The third-order valence-corrected chi connectivity index (χ3v) is 3.22. The zero-order valence-electron chi connectivity index (χ0n) is 10.2. The molecule has 1 heterocycles. The SMILES string of the molecule is O=C(/C=C/c1ccc(Cl)cc1Cl)NN1CCOCC1. The van der Waals surface area contributed by atoms with Crippen LogP contribution in [0.25, 0.3) is 6.08 Å². The van der Waals surface area contributed by atoms with Crippen molar-refractivity contribution in [2.24, 2.45) is 0 Å². The number of hydrogen-bond acceptors (Lipinski definition) is 3. The summed E-state index contributed by atoms with van der Waals surface area (Å²) in [6.45, 7) is 2.66. The number of hydrazine groups is 1. The number of nitrogens with zero attached hydrogens (tertiary/aromatic N) is 1. The van der Waals surface area contributed by atoms with E-state index >= 15 is 0 Å². The molecule has 1 aromatic rings. The maximum absolute atomic E-state index is 11.7. The van der Waals surface area contributed by atoms with Crippen LogP contribution < -0.4 is 5.43 Å². The molecule has 0 spiro atoms. The number of hydrogen-bond donors (Lipinski definition) is 1. The standard InChI is InChI=1S/C13H14Cl2N2O2/c14-11-3-1-10(12(15)9-11)2-4-13(18)16-17-5-7-19-8-6-17/h1-4,9H,5-8H2,(H,16,18)/b4-2+. The van der Waals surface area contributed by atoms with Crippen molar-refractivity contribution in [3.05, 3.63) is 39.9 Å². The lowest BCUT2D eigenvalue weighted by molar-refractivity contribution is -0.123. The second-order valence-corrected chi connectivity index (χ2v) is 4.92. The highest BCUT2D eigenvalue weighted by molar-refractivity contribution is 6.35. The molecule has 6 heteroatoms. The Balaban J connectivity index is 1.92. The van der Waals surface area contributed by atoms with Crippen LogP contribution in [0.15, 0.2) is 24.3 Å². The lowest BCUT2D eigenvalue weighted by atomic mass is 10.2. The number of benzene rings is 1. The molecule has 4 nitrogen and oxygen atoms in total. The van der Waals surface area contributed by atoms with Gasteiger partial charge in [0, 0.05) is 29.2 Å². The minimum atomic E-state index is -0.187. The summed E-state index contributed by atoms with van der Waals surface area (Å²) >= 11 is 11.8. The number of nitrogens with one attached hydrogen (secondary N) is 1. The van der Waals surface area contributed by atoms with Crippen molar-refractivity contribution in [1.82, 2.24) is 10.4 Å². The Bertz CT molecular complexity index is 486. The predicted octanol–water partition coefficient (Wildman–Crippen LogP) is 2.37. The summed E-state index contributed by atoms with van der Waals surface area (Å²) < 4.78 is 5.20. The molecule has 1 aliphatic heterocycles. The van der Waals surface area contributed by atoms with Gasteiger partial charge in [-0.2, -0.15) is 0 Å². The van der Waals surface area contributed by atoms with Crippen LogP contribution in [-0.2, 0) is 9.53 Å². The molecule has 102 valence electrons. The van der Waals surface area contributed by atoms with Gasteiger partial charge in [0.1, 0.15) is 0 Å². The molecule has 0 saturated carbocycles. The normalized spacial score (nSPS) is 16.7. The molecule has 0 aliphatic carbocycles. The smallest absolute Gasteiger partial charge is 0.258 e. The van der Waals surface area contributed by atoms with Crippen LogP contribution in [0.3, 0.4) is 0 Å². The zero-order valence-corrected chi connectivity index (χ0v) is 11.7. The van der Waals surface area contributed by atoms with Crippen molar-refractivity contribution < 1.29 is 9.53 Å². The molecule has 2 rings (SSSR count). The molecule has 0 aromatic heterocycles. The Morgan fingerprint density at radius 2 is 2.05 bits per heavy atom. The van der Waals surface area contributed by atoms with Crippen LogP contribution in [0, 0.1) is 0 Å². The van der Waals surface area contributed by atoms with Gasteiger partial charge in [0.15, 0.2) is 0 Å². The molecule has 1 amide bonds. The van der Waals surface area contributed by atoms with Crippen LogP contribution in [-0.4, -0.2) is 37.2 Å². The number of morpholine rings is 1. The molecule has 1 saturated heterocycles. The predicted molar refractivity (Wildman–Crippen MR) is 76.0 cm³/mol. The van der Waals surface area contributed by atoms with E-state index in [0.29, 0.717) is 36.3 Å². The average molecular weight is 301 g/mol. The van der Waals surface area contributed by atoms with Gasteiger partial charge in [-0.15, -0.1) is 0 Å². The second-order valence-electron chi connectivity index (χ2n) is 4.07. The van der Waals surface area contributed by atoms with E-state index in [4.69, 9.17) is 27.9 Å². The average Bonchev–Trinajstić information content (AvgIpc) is 2.39. The van der Waals surface area contributed by atoms with Gasteiger partial charge >= 0.3 is 0 Å². The fourth-order valence-corrected chi connectivity index (χ4v) is 2.14. The van der Waals surface area contributed by atoms with Gasteiger partial charge in [0.2, 0.25) is 0 Å². The zero-order chi connectivity index (χ0) is 13.7. The molecule has 1 aliphatic rings. The summed E-state index contributed by atoms with van der Waals surface area (Å²) in [6, 6.07) is 5.14. The molecule has 0 radical (unpaired) electrons. The highest BCUT2D eigenvalue weighted by Gasteiger charge is 2.11. The highest BCUT2D eigenvalue weighted by atomic mass is 35.5. The first-order valence-electron chi connectivity index (χ1n) is 5.91. The number of ether oxygens (including phenoxy) is 1. The fraction of sp³-hybridized carbons (Fsp3) is 0.308. The van der Waals surface area contributed by atoms with Gasteiger partial charge in [-0.25, -0.2) is 5.01 Å². The number of amides is 1. The van der Waals surface area contributed by atoms with E-state index in [1.54, 1.807) is 24.3 Å². The van der Waals surface area contributed by atoms with E-state index in [0.717, 1.165) is 5.56 Å². The monoisotopic (exact) mass is 300 g/mol. The molecule has 1 N–H and O–H groups in total. The first-order valence-corrected chi connectivity index (χ1v) is 6.67. The van der Waals surface area contributed by atoms with E-state index in [-0.39, 0.29) is 5.91 Å². The molecule has 19 heavy (non-hydrogen) atoms. The fourth-order valence-electron chi connectivity index (χ4n) is 1.67. The van der Waals surface area contributed by atoms with Gasteiger partial charge in [-0.05, 0) is 23.8 Å². The molecule has 0 bridgehead atoms. The Morgan fingerprint density at radius 3 is 2.74 bits per heavy atom.